The van der Waals surface area contributed by atoms with Crippen molar-refractivity contribution < 1.29 is 13.2 Å². The zero-order valence-corrected chi connectivity index (χ0v) is 11.5. The van der Waals surface area contributed by atoms with E-state index in [0.29, 0.717) is 17.1 Å². The van der Waals surface area contributed by atoms with Crippen molar-refractivity contribution in [3.8, 4) is 17.6 Å². The Morgan fingerprint density at radius 1 is 1.15 bits per heavy atom. The molecule has 0 aromatic heterocycles. The van der Waals surface area contributed by atoms with Crippen LogP contribution in [0.4, 0.5) is 5.69 Å². The van der Waals surface area contributed by atoms with Gasteiger partial charge in [-0.2, -0.15) is 5.26 Å². The first-order chi connectivity index (χ1) is 9.48. The van der Waals surface area contributed by atoms with E-state index < -0.39 is 10.0 Å². The number of nitrogens with one attached hydrogen (secondary N) is 1. The van der Waals surface area contributed by atoms with Crippen LogP contribution in [0.5, 0.6) is 11.5 Å². The monoisotopic (exact) mass is 288 g/mol. The quantitative estimate of drug-likeness (QED) is 0.938. The largest absolute Gasteiger partial charge is 0.455 e. The van der Waals surface area contributed by atoms with Gasteiger partial charge in [-0.1, -0.05) is 18.2 Å². The Bertz CT molecular complexity index is 750. The van der Waals surface area contributed by atoms with Crippen LogP contribution < -0.4 is 9.46 Å². The van der Waals surface area contributed by atoms with E-state index in [1.54, 1.807) is 24.3 Å². The van der Waals surface area contributed by atoms with Crippen LogP contribution in [0.2, 0.25) is 0 Å². The Morgan fingerprint density at radius 3 is 2.45 bits per heavy atom. The number of para-hydroxylation sites is 1. The molecule has 6 heteroatoms. The summed E-state index contributed by atoms with van der Waals surface area (Å²) >= 11 is 0. The molecule has 0 bridgehead atoms. The first-order valence-corrected chi connectivity index (χ1v) is 7.62. The molecule has 0 atom stereocenters. The van der Waals surface area contributed by atoms with E-state index in [-0.39, 0.29) is 5.69 Å². The Labute approximate surface area is 117 Å². The molecule has 2 aromatic rings. The number of anilines is 1. The molecule has 0 amide bonds. The Kier molecular flexibility index (Phi) is 3.91. The standard InChI is InChI=1S/C14H12N2O3S/c1-20(17,18)16-13-9-11(10-15)7-8-14(13)19-12-5-3-2-4-6-12/h2-9,16H,1H3. The third-order valence-corrected chi connectivity index (χ3v) is 2.97. The molecule has 0 spiro atoms. The van der Waals surface area contributed by atoms with Crippen molar-refractivity contribution in [2.75, 3.05) is 11.0 Å². The molecule has 0 saturated carbocycles. The van der Waals surface area contributed by atoms with Gasteiger partial charge in [0.1, 0.15) is 5.75 Å². The van der Waals surface area contributed by atoms with Gasteiger partial charge in [0.15, 0.2) is 5.75 Å². The topological polar surface area (TPSA) is 79.2 Å². The summed E-state index contributed by atoms with van der Waals surface area (Å²) in [7, 11) is -3.46. The van der Waals surface area contributed by atoms with Crippen LogP contribution >= 0.6 is 0 Å². The van der Waals surface area contributed by atoms with E-state index in [4.69, 9.17) is 10.00 Å². The van der Waals surface area contributed by atoms with E-state index in [1.807, 2.05) is 24.3 Å². The third kappa shape index (κ3) is 3.73. The van der Waals surface area contributed by atoms with E-state index in [9.17, 15) is 8.42 Å². The molecule has 0 fully saturated rings. The zero-order valence-electron chi connectivity index (χ0n) is 10.7. The smallest absolute Gasteiger partial charge is 0.229 e. The van der Waals surface area contributed by atoms with E-state index >= 15 is 0 Å². The predicted octanol–water partition coefficient (Wildman–Crippen LogP) is 2.72. The number of nitriles is 1. The molecule has 5 nitrogen and oxygen atoms in total. The van der Waals surface area contributed by atoms with Crippen LogP contribution in [-0.2, 0) is 10.0 Å². The van der Waals surface area contributed by atoms with Gasteiger partial charge in [-0.3, -0.25) is 4.72 Å². The first kappa shape index (κ1) is 13.9. The number of hydrogen-bond donors (Lipinski definition) is 1. The molecule has 0 unspecified atom stereocenters. The van der Waals surface area contributed by atoms with E-state index in [0.717, 1.165) is 6.26 Å². The van der Waals surface area contributed by atoms with Crippen LogP contribution in [0.25, 0.3) is 0 Å². The normalized spacial score (nSPS) is 10.6. The predicted molar refractivity (Wildman–Crippen MR) is 76.1 cm³/mol. The van der Waals surface area contributed by atoms with Gasteiger partial charge < -0.3 is 4.74 Å². The molecule has 0 radical (unpaired) electrons. The number of benzene rings is 2. The summed E-state index contributed by atoms with van der Waals surface area (Å²) in [5.74, 6) is 0.911. The van der Waals surface area contributed by atoms with Gasteiger partial charge in [0.25, 0.3) is 0 Å². The van der Waals surface area contributed by atoms with Gasteiger partial charge in [-0.15, -0.1) is 0 Å². The van der Waals surface area contributed by atoms with Crippen molar-refractivity contribution in [2.24, 2.45) is 0 Å². The third-order valence-electron chi connectivity index (χ3n) is 2.38. The summed E-state index contributed by atoms with van der Waals surface area (Å²) in [4.78, 5) is 0. The molecule has 1 N–H and O–H groups in total. The number of hydrogen-bond acceptors (Lipinski definition) is 4. The zero-order chi connectivity index (χ0) is 14.6. The fraction of sp³-hybridized carbons (Fsp3) is 0.0714. The SMILES string of the molecule is CS(=O)(=O)Nc1cc(C#N)ccc1Oc1ccccc1. The van der Waals surface area contributed by atoms with Gasteiger partial charge in [0, 0.05) is 0 Å². The molecule has 0 aliphatic rings. The van der Waals surface area contributed by atoms with Gasteiger partial charge in [-0.25, -0.2) is 8.42 Å². The number of rotatable bonds is 4. The summed E-state index contributed by atoms with van der Waals surface area (Å²) in [6, 6.07) is 15.5. The number of nitrogens with zero attached hydrogens (tertiary/aromatic N) is 1. The summed E-state index contributed by atoms with van der Waals surface area (Å²) in [5.41, 5.74) is 0.576. The fourth-order valence-corrected chi connectivity index (χ4v) is 2.14. The molecule has 0 aliphatic carbocycles. The van der Waals surface area contributed by atoms with Crippen molar-refractivity contribution in [1.82, 2.24) is 0 Å². The lowest BCUT2D eigenvalue weighted by Gasteiger charge is -2.12. The molecule has 0 heterocycles. The maximum absolute atomic E-state index is 11.4. The maximum atomic E-state index is 11.4. The fourth-order valence-electron chi connectivity index (χ4n) is 1.58. The second-order valence-electron chi connectivity index (χ2n) is 4.11. The lowest BCUT2D eigenvalue weighted by Crippen LogP contribution is -2.10. The Hall–Kier alpha value is -2.52. The van der Waals surface area contributed by atoms with E-state index in [1.165, 1.54) is 6.07 Å². The van der Waals surface area contributed by atoms with Crippen molar-refractivity contribution in [3.05, 3.63) is 54.1 Å². The minimum Gasteiger partial charge on any atom is -0.455 e. The highest BCUT2D eigenvalue weighted by Gasteiger charge is 2.10. The van der Waals surface area contributed by atoms with Crippen LogP contribution in [-0.4, -0.2) is 14.7 Å². The van der Waals surface area contributed by atoms with Gasteiger partial charge >= 0.3 is 0 Å². The van der Waals surface area contributed by atoms with E-state index in [2.05, 4.69) is 4.72 Å². The molecule has 2 aromatic carbocycles. The van der Waals surface area contributed by atoms with Gasteiger partial charge in [0.05, 0.1) is 23.6 Å². The second kappa shape index (κ2) is 5.63. The molecular formula is C14H12N2O3S. The van der Waals surface area contributed by atoms with Gasteiger partial charge in [-0.05, 0) is 30.3 Å². The summed E-state index contributed by atoms with van der Waals surface area (Å²) in [5, 5.41) is 8.87. The average molecular weight is 288 g/mol. The first-order valence-electron chi connectivity index (χ1n) is 5.73. The van der Waals surface area contributed by atoms with Gasteiger partial charge in [0.2, 0.25) is 10.0 Å². The minimum atomic E-state index is -3.46. The van der Waals surface area contributed by atoms with Crippen LogP contribution in [0.1, 0.15) is 5.56 Å². The highest BCUT2D eigenvalue weighted by Crippen LogP contribution is 2.30. The van der Waals surface area contributed by atoms with Crippen molar-refractivity contribution in [1.29, 1.82) is 5.26 Å². The maximum Gasteiger partial charge on any atom is 0.229 e. The summed E-state index contributed by atoms with van der Waals surface area (Å²) < 4.78 is 30.7. The molecule has 0 saturated heterocycles. The van der Waals surface area contributed by atoms with Crippen LogP contribution in [0.3, 0.4) is 0 Å². The average Bonchev–Trinajstić information content (AvgIpc) is 2.40. The van der Waals surface area contributed by atoms with Crippen molar-refractivity contribution in [2.45, 2.75) is 0 Å². The van der Waals surface area contributed by atoms with Crippen LogP contribution in [0, 0.1) is 11.3 Å². The molecule has 102 valence electrons. The molecular weight excluding hydrogens is 276 g/mol. The lowest BCUT2D eigenvalue weighted by atomic mass is 10.2. The molecule has 20 heavy (non-hydrogen) atoms. The highest BCUT2D eigenvalue weighted by atomic mass is 32.2. The van der Waals surface area contributed by atoms with Crippen molar-refractivity contribution in [3.63, 3.8) is 0 Å². The van der Waals surface area contributed by atoms with Crippen LogP contribution in [0.15, 0.2) is 48.5 Å². The second-order valence-corrected chi connectivity index (χ2v) is 5.86. The Morgan fingerprint density at radius 2 is 1.85 bits per heavy atom. The highest BCUT2D eigenvalue weighted by molar-refractivity contribution is 7.92. The lowest BCUT2D eigenvalue weighted by molar-refractivity contribution is 0.485. The molecule has 0 aliphatic heterocycles. The van der Waals surface area contributed by atoms with Crippen molar-refractivity contribution >= 4 is 15.7 Å². The molecule has 2 rings (SSSR count). The Balaban J connectivity index is 2.39. The number of ether oxygens (including phenoxy) is 1. The number of sulfonamides is 1. The summed E-state index contributed by atoms with van der Waals surface area (Å²) in [6.45, 7) is 0. The summed E-state index contributed by atoms with van der Waals surface area (Å²) in [6.07, 6.45) is 1.04. The minimum absolute atomic E-state index is 0.232.